The van der Waals surface area contributed by atoms with Crippen molar-refractivity contribution >= 4 is 14.1 Å². The zero-order valence-electron chi connectivity index (χ0n) is 25.4. The fourth-order valence-corrected chi connectivity index (χ4v) is 12.6. The maximum absolute atomic E-state index is 12.7. The van der Waals surface area contributed by atoms with Crippen LogP contribution in [-0.4, -0.2) is 50.1 Å². The van der Waals surface area contributed by atoms with Crippen molar-refractivity contribution < 1.29 is 27.8 Å². The number of carbonyl (C=O) groups excluding carboxylic acids is 1. The minimum absolute atomic E-state index is 0.0592. The lowest BCUT2D eigenvalue weighted by molar-refractivity contribution is -0.153. The molecule has 40 heavy (non-hydrogen) atoms. The van der Waals surface area contributed by atoms with Gasteiger partial charge in [-0.15, -0.1) is 0 Å². The monoisotopic (exact) mass is 571 g/mol. The van der Waals surface area contributed by atoms with Gasteiger partial charge in [-0.05, 0) is 28.6 Å². The summed E-state index contributed by atoms with van der Waals surface area (Å²) in [5, 5.41) is 0. The van der Waals surface area contributed by atoms with Crippen LogP contribution in [-0.2, 0) is 30.0 Å². The molecule has 0 N–H and O–H groups in total. The molecule has 0 spiro atoms. The molecule has 0 amide bonds. The minimum Gasteiger partial charge on any atom is -0.449 e. The third kappa shape index (κ3) is 7.71. The number of carbonyl (C=O) groups is 1. The van der Waals surface area contributed by atoms with Crippen LogP contribution in [0.25, 0.3) is 0 Å². The van der Waals surface area contributed by atoms with Crippen LogP contribution < -0.4 is 0 Å². The maximum atomic E-state index is 12.7. The molecule has 0 radical (unpaired) electrons. The second-order valence-corrected chi connectivity index (χ2v) is 18.0. The number of aromatic nitrogens is 1. The molecule has 2 aliphatic heterocycles. The average molecular weight is 572 g/mol. The van der Waals surface area contributed by atoms with Gasteiger partial charge in [0.2, 0.25) is 8.32 Å². The summed E-state index contributed by atoms with van der Waals surface area (Å²) >= 11 is 0. The fraction of sp³-hybridized carbons (Fsp3) is 0.688. The number of oxazole rings is 1. The molecule has 1 aromatic heterocycles. The quantitative estimate of drug-likeness (QED) is 0.244. The first kappa shape index (κ1) is 31.1. The van der Waals surface area contributed by atoms with Crippen LogP contribution in [0.15, 0.2) is 41.0 Å². The third-order valence-electron chi connectivity index (χ3n) is 8.64. The van der Waals surface area contributed by atoms with Crippen LogP contribution in [0.1, 0.15) is 96.9 Å². The van der Waals surface area contributed by atoms with Gasteiger partial charge >= 0.3 is 0 Å². The molecule has 2 aromatic rings. The molecule has 2 aliphatic rings. The van der Waals surface area contributed by atoms with Gasteiger partial charge in [0.15, 0.2) is 5.89 Å². The Morgan fingerprint density at radius 2 is 1.60 bits per heavy atom. The Morgan fingerprint density at radius 1 is 0.925 bits per heavy atom. The molecule has 0 aliphatic carbocycles. The lowest BCUT2D eigenvalue weighted by Crippen LogP contribution is -2.52. The van der Waals surface area contributed by atoms with Gasteiger partial charge in [0.1, 0.15) is 23.8 Å². The zero-order valence-corrected chi connectivity index (χ0v) is 26.4. The number of aryl methyl sites for hydroxylation is 1. The molecule has 4 rings (SSSR count). The number of Topliss-reactive ketones (excluding diaryl/α,β-unsaturated/α-hetero) is 1. The predicted molar refractivity (Wildman–Crippen MR) is 158 cm³/mol. The van der Waals surface area contributed by atoms with Crippen molar-refractivity contribution in [2.75, 3.05) is 6.61 Å². The second-order valence-electron chi connectivity index (χ2n) is 12.6. The van der Waals surface area contributed by atoms with Crippen LogP contribution in [0.4, 0.5) is 0 Å². The van der Waals surface area contributed by atoms with Crippen LogP contribution in [0.3, 0.4) is 0 Å². The highest BCUT2D eigenvalue weighted by molar-refractivity contribution is 6.77. The minimum atomic E-state index is -2.09. The molecule has 3 heterocycles. The van der Waals surface area contributed by atoms with E-state index in [-0.39, 0.29) is 36.3 Å². The molecule has 5 atom stereocenters. The molecule has 222 valence electrons. The number of benzene rings is 1. The molecule has 7 nitrogen and oxygen atoms in total. The SMILES string of the molecule is Cc1nc([C@H]2C[C@@H](O[Si](C(C)C)(C(C)C)C(C)C)C[C@@H](C[C@H]3CC(=O)C[C@H](COCc4ccccc4)O3)O2)co1. The number of ether oxygens (including phenoxy) is 3. The van der Waals surface area contributed by atoms with Gasteiger partial charge in [0, 0.05) is 32.6 Å². The van der Waals surface area contributed by atoms with E-state index in [4.69, 9.17) is 23.1 Å². The number of nitrogens with zero attached hydrogens (tertiary/aromatic N) is 1. The summed E-state index contributed by atoms with van der Waals surface area (Å²) in [6.45, 7) is 16.7. The van der Waals surface area contributed by atoms with Gasteiger partial charge in [-0.2, -0.15) is 0 Å². The molecule has 2 fully saturated rings. The van der Waals surface area contributed by atoms with E-state index < -0.39 is 8.32 Å². The molecular weight excluding hydrogens is 522 g/mol. The van der Waals surface area contributed by atoms with Crippen LogP contribution in [0, 0.1) is 6.92 Å². The number of ketones is 1. The van der Waals surface area contributed by atoms with Crippen LogP contribution in [0.2, 0.25) is 16.6 Å². The first-order valence-electron chi connectivity index (χ1n) is 15.1. The van der Waals surface area contributed by atoms with E-state index in [1.165, 1.54) is 0 Å². The summed E-state index contributed by atoms with van der Waals surface area (Å²) < 4.78 is 31.7. The number of rotatable bonds is 12. The third-order valence-corrected chi connectivity index (χ3v) is 14.8. The number of hydrogen-bond donors (Lipinski definition) is 0. The summed E-state index contributed by atoms with van der Waals surface area (Å²) in [7, 11) is -2.09. The first-order chi connectivity index (χ1) is 19.1. The van der Waals surface area contributed by atoms with Gasteiger partial charge < -0.3 is 23.1 Å². The Kier molecular flexibility index (Phi) is 10.8. The molecule has 1 aromatic carbocycles. The highest BCUT2D eigenvalue weighted by Gasteiger charge is 2.48. The Morgan fingerprint density at radius 3 is 2.23 bits per heavy atom. The maximum Gasteiger partial charge on any atom is 0.200 e. The highest BCUT2D eigenvalue weighted by atomic mass is 28.4. The lowest BCUT2D eigenvalue weighted by atomic mass is 9.93. The van der Waals surface area contributed by atoms with Crippen molar-refractivity contribution in [1.82, 2.24) is 4.98 Å². The van der Waals surface area contributed by atoms with Crippen molar-refractivity contribution in [3.63, 3.8) is 0 Å². The van der Waals surface area contributed by atoms with Crippen molar-refractivity contribution in [2.24, 2.45) is 0 Å². The Balaban J connectivity index is 1.44. The fourth-order valence-electron chi connectivity index (χ4n) is 7.01. The molecule has 0 saturated carbocycles. The van der Waals surface area contributed by atoms with Crippen molar-refractivity contribution in [1.29, 1.82) is 0 Å². The summed E-state index contributed by atoms with van der Waals surface area (Å²) in [6, 6.07) is 10.1. The molecular formula is C32H49NO6Si. The normalized spacial score (nSPS) is 26.2. The van der Waals surface area contributed by atoms with E-state index in [1.807, 2.05) is 37.3 Å². The van der Waals surface area contributed by atoms with Crippen LogP contribution in [0.5, 0.6) is 0 Å². The van der Waals surface area contributed by atoms with Gasteiger partial charge in [0.25, 0.3) is 0 Å². The molecule has 2 saturated heterocycles. The smallest absolute Gasteiger partial charge is 0.200 e. The highest BCUT2D eigenvalue weighted by Crippen LogP contribution is 2.46. The van der Waals surface area contributed by atoms with Gasteiger partial charge in [-0.25, -0.2) is 4.98 Å². The Hall–Kier alpha value is -1.84. The second kappa shape index (κ2) is 13.9. The van der Waals surface area contributed by atoms with E-state index in [0.717, 1.165) is 24.1 Å². The first-order valence-corrected chi connectivity index (χ1v) is 17.2. The van der Waals surface area contributed by atoms with E-state index in [0.29, 0.717) is 55.0 Å². The van der Waals surface area contributed by atoms with Gasteiger partial charge in [-0.3, -0.25) is 4.79 Å². The zero-order chi connectivity index (χ0) is 28.9. The van der Waals surface area contributed by atoms with Crippen molar-refractivity contribution in [2.45, 2.75) is 134 Å². The standard InChI is InChI=1S/C32H49NO6Si/c1-21(2)40(22(3)4,23(5)6)39-29-16-28(38-32(17-29)31-20-36-24(7)33-31)15-27-13-26(34)14-30(37-27)19-35-18-25-11-9-8-10-12-25/h8-12,20-23,27-30,32H,13-19H2,1-7H3/t27-,28-,29+,30-,32-/m1/s1. The van der Waals surface area contributed by atoms with E-state index in [9.17, 15) is 4.79 Å². The molecule has 0 unspecified atom stereocenters. The number of hydrogen-bond acceptors (Lipinski definition) is 7. The van der Waals surface area contributed by atoms with E-state index in [1.54, 1.807) is 6.26 Å². The summed E-state index contributed by atoms with van der Waals surface area (Å²) in [4.78, 5) is 17.3. The van der Waals surface area contributed by atoms with E-state index in [2.05, 4.69) is 46.5 Å². The van der Waals surface area contributed by atoms with E-state index >= 15 is 0 Å². The summed E-state index contributed by atoms with van der Waals surface area (Å²) in [5.74, 6) is 0.857. The molecule has 0 bridgehead atoms. The van der Waals surface area contributed by atoms with Gasteiger partial charge in [-0.1, -0.05) is 71.9 Å². The average Bonchev–Trinajstić information content (AvgIpc) is 3.33. The van der Waals surface area contributed by atoms with Gasteiger partial charge in [0.05, 0.1) is 37.6 Å². The predicted octanol–water partition coefficient (Wildman–Crippen LogP) is 7.49. The Bertz CT molecular complexity index is 1050. The summed E-state index contributed by atoms with van der Waals surface area (Å²) in [6.07, 6.45) is 4.03. The topological polar surface area (TPSA) is 80.0 Å². The van der Waals surface area contributed by atoms with Crippen molar-refractivity contribution in [3.8, 4) is 0 Å². The van der Waals surface area contributed by atoms with Crippen molar-refractivity contribution in [3.05, 3.63) is 53.7 Å². The lowest BCUT2D eigenvalue weighted by Gasteiger charge is -2.47. The van der Waals surface area contributed by atoms with Crippen LogP contribution >= 0.6 is 0 Å². The largest absolute Gasteiger partial charge is 0.449 e. The summed E-state index contributed by atoms with van der Waals surface area (Å²) in [5.41, 5.74) is 3.42. The molecule has 8 heteroatoms. The Labute approximate surface area is 241 Å².